The molecule has 0 fully saturated rings. The van der Waals surface area contributed by atoms with Gasteiger partial charge < -0.3 is 4.98 Å². The largest absolute Gasteiger partial charge is 0.313 e. The summed E-state index contributed by atoms with van der Waals surface area (Å²) in [4.78, 5) is 17.5. The smallest absolute Gasteiger partial charge is 0.258 e. The van der Waals surface area contributed by atoms with Crippen LogP contribution in [-0.4, -0.2) is 9.97 Å². The zero-order valence-electron chi connectivity index (χ0n) is 6.34. The van der Waals surface area contributed by atoms with Crippen LogP contribution in [0.4, 0.5) is 4.39 Å². The Morgan fingerprint density at radius 1 is 1.46 bits per heavy atom. The summed E-state index contributed by atoms with van der Waals surface area (Å²) in [5.41, 5.74) is 0.121. The van der Waals surface area contributed by atoms with Gasteiger partial charge in [-0.25, -0.2) is 9.37 Å². The molecule has 0 aliphatic rings. The third kappa shape index (κ3) is 1.35. The van der Waals surface area contributed by atoms with Crippen molar-refractivity contribution in [3.8, 4) is 0 Å². The van der Waals surface area contributed by atoms with Gasteiger partial charge in [0, 0.05) is 4.47 Å². The molecule has 0 spiro atoms. The number of hydrogen-bond donors (Lipinski definition) is 1. The third-order valence-electron chi connectivity index (χ3n) is 1.66. The topological polar surface area (TPSA) is 45.8 Å². The van der Waals surface area contributed by atoms with Crippen LogP contribution in [0.15, 0.2) is 27.7 Å². The van der Waals surface area contributed by atoms with Crippen LogP contribution in [0.1, 0.15) is 0 Å². The fourth-order valence-corrected chi connectivity index (χ4v) is 1.64. The van der Waals surface area contributed by atoms with Crippen molar-refractivity contribution in [1.29, 1.82) is 0 Å². The number of nitrogens with zero attached hydrogens (tertiary/aromatic N) is 1. The van der Waals surface area contributed by atoms with Crippen molar-refractivity contribution in [2.24, 2.45) is 0 Å². The van der Waals surface area contributed by atoms with Crippen molar-refractivity contribution >= 4 is 26.8 Å². The number of hydrogen-bond acceptors (Lipinski definition) is 2. The van der Waals surface area contributed by atoms with Crippen molar-refractivity contribution in [3.63, 3.8) is 0 Å². The fourth-order valence-electron chi connectivity index (χ4n) is 1.10. The molecule has 1 aromatic carbocycles. The number of rotatable bonds is 0. The molecule has 2 rings (SSSR count). The quantitative estimate of drug-likeness (QED) is 0.767. The van der Waals surface area contributed by atoms with Gasteiger partial charge in [-0.3, -0.25) is 4.79 Å². The molecular weight excluding hydrogens is 239 g/mol. The molecule has 1 aromatic heterocycles. The second kappa shape index (κ2) is 2.92. The molecule has 0 bridgehead atoms. The maximum absolute atomic E-state index is 12.9. The number of fused-ring (bicyclic) bond motifs is 1. The molecule has 2 aromatic rings. The molecule has 0 aliphatic carbocycles. The lowest BCUT2D eigenvalue weighted by Crippen LogP contribution is -2.06. The minimum absolute atomic E-state index is 0.245. The molecule has 0 radical (unpaired) electrons. The fraction of sp³-hybridized carbons (Fsp3) is 0. The van der Waals surface area contributed by atoms with E-state index >= 15 is 0 Å². The van der Waals surface area contributed by atoms with E-state index in [1.54, 1.807) is 0 Å². The van der Waals surface area contributed by atoms with E-state index in [1.807, 2.05) is 0 Å². The highest BCUT2D eigenvalue weighted by molar-refractivity contribution is 9.10. The monoisotopic (exact) mass is 242 g/mol. The highest BCUT2D eigenvalue weighted by atomic mass is 79.9. The highest BCUT2D eigenvalue weighted by Gasteiger charge is 2.05. The van der Waals surface area contributed by atoms with Gasteiger partial charge in [0.05, 0.1) is 17.2 Å². The molecule has 0 atom stereocenters. The van der Waals surface area contributed by atoms with E-state index in [2.05, 4.69) is 25.9 Å². The number of H-pyrrole nitrogens is 1. The minimum atomic E-state index is -0.460. The van der Waals surface area contributed by atoms with Crippen LogP contribution in [0.2, 0.25) is 0 Å². The van der Waals surface area contributed by atoms with Gasteiger partial charge in [0.25, 0.3) is 5.56 Å². The SMILES string of the molecule is O=c1[nH]cnc2c(Br)cc(F)cc12. The lowest BCUT2D eigenvalue weighted by molar-refractivity contribution is 0.628. The van der Waals surface area contributed by atoms with Crippen molar-refractivity contribution in [3.05, 3.63) is 39.1 Å². The molecular formula is C8H4BrFN2O. The zero-order valence-corrected chi connectivity index (χ0v) is 7.93. The third-order valence-corrected chi connectivity index (χ3v) is 2.27. The number of aromatic amines is 1. The molecule has 0 saturated carbocycles. The van der Waals surface area contributed by atoms with E-state index < -0.39 is 5.82 Å². The highest BCUT2D eigenvalue weighted by Crippen LogP contribution is 2.20. The molecule has 1 N–H and O–H groups in total. The minimum Gasteiger partial charge on any atom is -0.313 e. The number of aromatic nitrogens is 2. The van der Waals surface area contributed by atoms with Gasteiger partial charge in [-0.1, -0.05) is 0 Å². The van der Waals surface area contributed by atoms with Crippen LogP contribution < -0.4 is 5.56 Å². The second-order valence-corrected chi connectivity index (χ2v) is 3.37. The summed E-state index contributed by atoms with van der Waals surface area (Å²) in [6, 6.07) is 2.43. The molecule has 0 saturated heterocycles. The van der Waals surface area contributed by atoms with Crippen LogP contribution in [0.3, 0.4) is 0 Å². The maximum Gasteiger partial charge on any atom is 0.258 e. The van der Waals surface area contributed by atoms with Crippen molar-refractivity contribution in [1.82, 2.24) is 9.97 Å². The number of nitrogens with one attached hydrogen (secondary N) is 1. The van der Waals surface area contributed by atoms with E-state index in [4.69, 9.17) is 0 Å². The summed E-state index contributed by atoms with van der Waals surface area (Å²) in [6.07, 6.45) is 1.29. The molecule has 66 valence electrons. The Morgan fingerprint density at radius 2 is 2.23 bits per heavy atom. The zero-order chi connectivity index (χ0) is 9.42. The van der Waals surface area contributed by atoms with E-state index in [-0.39, 0.29) is 10.9 Å². The maximum atomic E-state index is 12.9. The Balaban J connectivity index is 3.03. The Hall–Kier alpha value is -1.23. The van der Waals surface area contributed by atoms with Crippen molar-refractivity contribution in [2.45, 2.75) is 0 Å². The van der Waals surface area contributed by atoms with Gasteiger partial charge >= 0.3 is 0 Å². The molecule has 5 heteroatoms. The predicted octanol–water partition coefficient (Wildman–Crippen LogP) is 1.82. The molecule has 0 unspecified atom stereocenters. The lowest BCUT2D eigenvalue weighted by atomic mass is 10.2. The van der Waals surface area contributed by atoms with Crippen LogP contribution in [0, 0.1) is 5.82 Å². The summed E-state index contributed by atoms with van der Waals surface area (Å²) in [5, 5.41) is 0.245. The van der Waals surface area contributed by atoms with Crippen LogP contribution >= 0.6 is 15.9 Å². The number of halogens is 2. The normalized spacial score (nSPS) is 10.6. The summed E-state index contributed by atoms with van der Waals surface area (Å²) >= 11 is 3.13. The molecule has 13 heavy (non-hydrogen) atoms. The van der Waals surface area contributed by atoms with E-state index in [1.165, 1.54) is 12.4 Å². The van der Waals surface area contributed by atoms with Gasteiger partial charge in [-0.15, -0.1) is 0 Å². The first kappa shape index (κ1) is 8.37. The van der Waals surface area contributed by atoms with Gasteiger partial charge in [-0.2, -0.15) is 0 Å². The number of benzene rings is 1. The van der Waals surface area contributed by atoms with E-state index in [0.717, 1.165) is 6.07 Å². The van der Waals surface area contributed by atoms with Crippen LogP contribution in [-0.2, 0) is 0 Å². The van der Waals surface area contributed by atoms with Gasteiger partial charge in [0.2, 0.25) is 0 Å². The summed E-state index contributed by atoms with van der Waals surface area (Å²) in [7, 11) is 0. The standard InChI is InChI=1S/C8H4BrFN2O/c9-6-2-4(10)1-5-7(6)11-3-12-8(5)13/h1-3H,(H,11,12,13). The Morgan fingerprint density at radius 3 is 3.00 bits per heavy atom. The summed E-state index contributed by atoms with van der Waals surface area (Å²) in [5.74, 6) is -0.460. The second-order valence-electron chi connectivity index (χ2n) is 2.52. The first-order valence-corrected chi connectivity index (χ1v) is 4.30. The average molecular weight is 243 g/mol. The van der Waals surface area contributed by atoms with E-state index in [0.29, 0.717) is 9.99 Å². The van der Waals surface area contributed by atoms with Gasteiger partial charge in [-0.05, 0) is 28.1 Å². The first-order chi connectivity index (χ1) is 6.18. The van der Waals surface area contributed by atoms with Crippen LogP contribution in [0.5, 0.6) is 0 Å². The van der Waals surface area contributed by atoms with Crippen LogP contribution in [0.25, 0.3) is 10.9 Å². The lowest BCUT2D eigenvalue weighted by Gasteiger charge is -1.97. The van der Waals surface area contributed by atoms with E-state index in [9.17, 15) is 9.18 Å². The Kier molecular flexibility index (Phi) is 1.88. The average Bonchev–Trinajstić information content (AvgIpc) is 2.07. The Labute approximate surface area is 80.7 Å². The molecule has 0 amide bonds. The molecule has 0 aliphatic heterocycles. The molecule has 1 heterocycles. The molecule has 3 nitrogen and oxygen atoms in total. The Bertz CT molecular complexity index is 523. The van der Waals surface area contributed by atoms with Crippen molar-refractivity contribution < 1.29 is 4.39 Å². The van der Waals surface area contributed by atoms with Crippen molar-refractivity contribution in [2.75, 3.05) is 0 Å². The summed E-state index contributed by atoms with van der Waals surface area (Å²) < 4.78 is 13.3. The van der Waals surface area contributed by atoms with Gasteiger partial charge in [0.1, 0.15) is 5.82 Å². The van der Waals surface area contributed by atoms with Gasteiger partial charge in [0.15, 0.2) is 0 Å². The summed E-state index contributed by atoms with van der Waals surface area (Å²) in [6.45, 7) is 0. The predicted molar refractivity (Wildman–Crippen MR) is 50.0 cm³/mol. The first-order valence-electron chi connectivity index (χ1n) is 3.51.